The number of thioether (sulfide) groups is 1. The quantitative estimate of drug-likeness (QED) is 0.609. The Morgan fingerprint density at radius 3 is 2.68 bits per heavy atom. The van der Waals surface area contributed by atoms with Gasteiger partial charge >= 0.3 is 6.18 Å². The minimum absolute atomic E-state index is 0.0988. The summed E-state index contributed by atoms with van der Waals surface area (Å²) in [7, 11) is -4.51. The summed E-state index contributed by atoms with van der Waals surface area (Å²) in [6.45, 7) is 0. The molecule has 0 saturated heterocycles. The molecule has 7 nitrogen and oxygen atoms in total. The second-order valence-corrected chi connectivity index (χ2v) is 9.24. The monoisotopic (exact) mass is 474 g/mol. The molecule has 1 unspecified atom stereocenters. The van der Waals surface area contributed by atoms with Crippen molar-refractivity contribution in [3.63, 3.8) is 0 Å². The molecule has 2 aromatic rings. The number of amides is 1. The topological polar surface area (TPSA) is 101 Å². The van der Waals surface area contributed by atoms with E-state index in [1.807, 2.05) is 0 Å². The first kappa shape index (κ1) is 22.9. The molecule has 0 saturated carbocycles. The Balaban J connectivity index is 2.30. The molecule has 0 radical (unpaired) electrons. The molecule has 0 spiro atoms. The second kappa shape index (κ2) is 9.39. The van der Waals surface area contributed by atoms with Crippen molar-refractivity contribution in [2.24, 2.45) is 0 Å². The maximum atomic E-state index is 12.9. The van der Waals surface area contributed by atoms with Crippen LogP contribution >= 0.6 is 34.7 Å². The number of nitrogens with one attached hydrogen (secondary N) is 2. The molecule has 28 heavy (non-hydrogen) atoms. The minimum atomic E-state index is -4.75. The van der Waals surface area contributed by atoms with E-state index >= 15 is 0 Å². The van der Waals surface area contributed by atoms with E-state index in [9.17, 15) is 26.4 Å². The van der Waals surface area contributed by atoms with Crippen LogP contribution in [0.1, 0.15) is 12.0 Å². The van der Waals surface area contributed by atoms with Gasteiger partial charge in [-0.25, -0.2) is 8.42 Å². The van der Waals surface area contributed by atoms with Gasteiger partial charge in [0.2, 0.25) is 21.1 Å². The normalized spacial score (nSPS) is 13.3. The highest BCUT2D eigenvalue weighted by Crippen LogP contribution is 2.33. The number of carbonyl (C=O) groups excluding carboxylic acids is 1. The van der Waals surface area contributed by atoms with Crippen molar-refractivity contribution in [3.05, 3.63) is 34.3 Å². The van der Waals surface area contributed by atoms with Crippen LogP contribution in [0.25, 0.3) is 0 Å². The molecule has 1 aromatic carbocycles. The predicted molar refractivity (Wildman–Crippen MR) is 102 cm³/mol. The summed E-state index contributed by atoms with van der Waals surface area (Å²) in [4.78, 5) is 11.7. The molecule has 14 heteroatoms. The van der Waals surface area contributed by atoms with E-state index in [1.54, 1.807) is 6.26 Å². The number of sulfonamides is 1. The summed E-state index contributed by atoms with van der Waals surface area (Å²) < 4.78 is 66.2. The van der Waals surface area contributed by atoms with Crippen LogP contribution in [0.2, 0.25) is 5.02 Å². The minimum Gasteiger partial charge on any atom is -0.299 e. The Morgan fingerprint density at radius 1 is 1.39 bits per heavy atom. The first-order valence-corrected chi connectivity index (χ1v) is 11.6. The van der Waals surface area contributed by atoms with E-state index in [1.165, 1.54) is 17.3 Å². The van der Waals surface area contributed by atoms with Gasteiger partial charge in [-0.05, 0) is 36.6 Å². The molecular weight excluding hydrogens is 461 g/mol. The van der Waals surface area contributed by atoms with E-state index in [0.29, 0.717) is 17.9 Å². The highest BCUT2D eigenvalue weighted by atomic mass is 35.5. The molecule has 0 fully saturated rings. The van der Waals surface area contributed by atoms with Gasteiger partial charge < -0.3 is 0 Å². The van der Waals surface area contributed by atoms with Crippen molar-refractivity contribution >= 4 is 55.8 Å². The van der Waals surface area contributed by atoms with Gasteiger partial charge in [-0.1, -0.05) is 22.9 Å². The fraction of sp³-hybridized carbons (Fsp3) is 0.357. The van der Waals surface area contributed by atoms with Gasteiger partial charge in [-0.3, -0.25) is 10.1 Å². The SMILES string of the molecule is CSCCC(NS(=O)(=O)c1cc(C(F)(F)F)ccc1Cl)C(=O)Nc1nncs1. The number of carbonyl (C=O) groups is 1. The molecule has 2 rings (SSSR count). The molecule has 154 valence electrons. The van der Waals surface area contributed by atoms with Crippen molar-refractivity contribution in [2.75, 3.05) is 17.3 Å². The smallest absolute Gasteiger partial charge is 0.299 e. The van der Waals surface area contributed by atoms with Crippen LogP contribution in [0.4, 0.5) is 18.3 Å². The van der Waals surface area contributed by atoms with Crippen LogP contribution in [0.15, 0.2) is 28.6 Å². The van der Waals surface area contributed by atoms with Gasteiger partial charge in [0, 0.05) is 0 Å². The average molecular weight is 475 g/mol. The Labute approximate surface area is 172 Å². The molecule has 1 heterocycles. The van der Waals surface area contributed by atoms with Gasteiger partial charge in [0.1, 0.15) is 16.4 Å². The molecule has 1 atom stereocenters. The standard InChI is InChI=1S/C14H14ClF3N4O3S3/c1-26-5-4-10(12(23)20-13-21-19-7-27-13)22-28(24,25)11-6-8(14(16,17)18)2-3-9(11)15/h2-3,6-7,10,22H,4-5H2,1H3,(H,20,21,23). The highest BCUT2D eigenvalue weighted by molar-refractivity contribution is 7.98. The van der Waals surface area contributed by atoms with E-state index in [2.05, 4.69) is 20.2 Å². The zero-order chi connectivity index (χ0) is 20.9. The molecule has 0 bridgehead atoms. The van der Waals surface area contributed by atoms with Crippen molar-refractivity contribution in [1.82, 2.24) is 14.9 Å². The number of alkyl halides is 3. The zero-order valence-electron chi connectivity index (χ0n) is 14.2. The third kappa shape index (κ3) is 6.04. The summed E-state index contributed by atoms with van der Waals surface area (Å²) in [5.41, 5.74) is 0.204. The van der Waals surface area contributed by atoms with Crippen LogP contribution < -0.4 is 10.0 Å². The van der Waals surface area contributed by atoms with E-state index in [0.717, 1.165) is 17.4 Å². The Bertz CT molecular complexity index is 924. The largest absolute Gasteiger partial charge is 0.416 e. The fourth-order valence-electron chi connectivity index (χ4n) is 2.04. The third-order valence-corrected chi connectivity index (χ3v) is 6.57. The number of hydrogen-bond donors (Lipinski definition) is 2. The van der Waals surface area contributed by atoms with E-state index < -0.39 is 43.6 Å². The third-order valence-electron chi connectivity index (χ3n) is 3.36. The lowest BCUT2D eigenvalue weighted by atomic mass is 10.2. The van der Waals surface area contributed by atoms with E-state index in [4.69, 9.17) is 11.6 Å². The maximum Gasteiger partial charge on any atom is 0.416 e. The van der Waals surface area contributed by atoms with Gasteiger partial charge in [-0.15, -0.1) is 10.2 Å². The fourth-order valence-corrected chi connectivity index (χ4v) is 4.71. The number of halogens is 4. The average Bonchev–Trinajstić information content (AvgIpc) is 3.10. The molecular formula is C14H14ClF3N4O3S3. The maximum absolute atomic E-state index is 12.9. The van der Waals surface area contributed by atoms with Gasteiger partial charge in [-0.2, -0.15) is 29.7 Å². The van der Waals surface area contributed by atoms with E-state index in [-0.39, 0.29) is 11.6 Å². The number of benzene rings is 1. The van der Waals surface area contributed by atoms with Crippen LogP contribution in [0.5, 0.6) is 0 Å². The van der Waals surface area contributed by atoms with Crippen LogP contribution in [-0.4, -0.2) is 42.6 Å². The molecule has 1 amide bonds. The van der Waals surface area contributed by atoms with Crippen molar-refractivity contribution < 1.29 is 26.4 Å². The first-order valence-electron chi connectivity index (χ1n) is 7.49. The molecule has 0 aliphatic heterocycles. The Hall–Kier alpha value is -1.41. The molecule has 0 aliphatic rings. The predicted octanol–water partition coefficient (Wildman–Crippen LogP) is 3.25. The van der Waals surface area contributed by atoms with Crippen LogP contribution in [0.3, 0.4) is 0 Å². The zero-order valence-corrected chi connectivity index (χ0v) is 17.4. The Kier molecular flexibility index (Phi) is 7.67. The van der Waals surface area contributed by atoms with Crippen molar-refractivity contribution in [1.29, 1.82) is 0 Å². The molecule has 1 aromatic heterocycles. The molecule has 2 N–H and O–H groups in total. The number of rotatable bonds is 8. The summed E-state index contributed by atoms with van der Waals surface area (Å²) in [6, 6.07) is 0.706. The van der Waals surface area contributed by atoms with Gasteiger partial charge in [0.25, 0.3) is 0 Å². The van der Waals surface area contributed by atoms with Crippen molar-refractivity contribution in [2.45, 2.75) is 23.5 Å². The lowest BCUT2D eigenvalue weighted by Gasteiger charge is -2.18. The molecule has 0 aliphatic carbocycles. The van der Waals surface area contributed by atoms with Crippen molar-refractivity contribution in [3.8, 4) is 0 Å². The van der Waals surface area contributed by atoms with Crippen LogP contribution in [0, 0.1) is 0 Å². The van der Waals surface area contributed by atoms with Gasteiger partial charge in [0.15, 0.2) is 0 Å². The number of nitrogens with zero attached hydrogens (tertiary/aromatic N) is 2. The van der Waals surface area contributed by atoms with Gasteiger partial charge in [0.05, 0.1) is 10.6 Å². The number of hydrogen-bond acceptors (Lipinski definition) is 7. The summed E-state index contributed by atoms with van der Waals surface area (Å²) in [5, 5.41) is 9.36. The first-order chi connectivity index (χ1) is 13.0. The summed E-state index contributed by atoms with van der Waals surface area (Å²) in [6.07, 6.45) is -2.89. The second-order valence-electron chi connectivity index (χ2n) is 5.33. The number of aromatic nitrogens is 2. The lowest BCUT2D eigenvalue weighted by molar-refractivity contribution is -0.137. The highest BCUT2D eigenvalue weighted by Gasteiger charge is 2.34. The van der Waals surface area contributed by atoms with Crippen LogP contribution in [-0.2, 0) is 21.0 Å². The summed E-state index contributed by atoms with van der Waals surface area (Å²) in [5.74, 6) is -0.287. The summed E-state index contributed by atoms with van der Waals surface area (Å²) >= 11 is 8.21. The number of anilines is 1. The Morgan fingerprint density at radius 2 is 2.11 bits per heavy atom. The lowest BCUT2D eigenvalue weighted by Crippen LogP contribution is -2.44.